The van der Waals surface area contributed by atoms with Crippen LogP contribution in [0.25, 0.3) is 10.1 Å². The van der Waals surface area contributed by atoms with Crippen LogP contribution in [-0.4, -0.2) is 42.0 Å². The second kappa shape index (κ2) is 6.83. The molecule has 25 heavy (non-hydrogen) atoms. The Labute approximate surface area is 159 Å². The molecule has 0 aliphatic carbocycles. The van der Waals surface area contributed by atoms with E-state index >= 15 is 0 Å². The molecule has 1 aliphatic heterocycles. The largest absolute Gasteiger partial charge is 0.353 e. The van der Waals surface area contributed by atoms with E-state index in [-0.39, 0.29) is 5.91 Å². The van der Waals surface area contributed by atoms with Crippen molar-refractivity contribution in [3.63, 3.8) is 0 Å². The fourth-order valence-electron chi connectivity index (χ4n) is 3.00. The summed E-state index contributed by atoms with van der Waals surface area (Å²) >= 11 is 13.9. The molecule has 1 saturated heterocycles. The first-order valence-corrected chi connectivity index (χ1v) is 9.53. The van der Waals surface area contributed by atoms with Gasteiger partial charge in [-0.15, -0.1) is 11.3 Å². The Balaban J connectivity index is 1.52. The first kappa shape index (κ1) is 16.6. The smallest absolute Gasteiger partial charge is 0.265 e. The van der Waals surface area contributed by atoms with Gasteiger partial charge in [-0.1, -0.05) is 35.3 Å². The van der Waals surface area contributed by atoms with Gasteiger partial charge in [0, 0.05) is 47.5 Å². The van der Waals surface area contributed by atoms with Gasteiger partial charge in [0.2, 0.25) is 0 Å². The lowest BCUT2D eigenvalue weighted by Gasteiger charge is -2.35. The van der Waals surface area contributed by atoms with Crippen molar-refractivity contribution in [2.24, 2.45) is 0 Å². The van der Waals surface area contributed by atoms with Gasteiger partial charge >= 0.3 is 0 Å². The molecule has 7 heteroatoms. The molecule has 0 N–H and O–H groups in total. The number of nitrogens with zero attached hydrogens (tertiary/aromatic N) is 3. The van der Waals surface area contributed by atoms with Crippen LogP contribution in [0.3, 0.4) is 0 Å². The Morgan fingerprint density at radius 3 is 2.60 bits per heavy atom. The third-order valence-electron chi connectivity index (χ3n) is 4.33. The van der Waals surface area contributed by atoms with Gasteiger partial charge in [0.15, 0.2) is 0 Å². The number of fused-ring (bicyclic) bond motifs is 1. The summed E-state index contributed by atoms with van der Waals surface area (Å²) in [6, 6.07) is 11.4. The van der Waals surface area contributed by atoms with Gasteiger partial charge in [-0.2, -0.15) is 0 Å². The maximum absolute atomic E-state index is 12.9. The topological polar surface area (TPSA) is 36.4 Å². The van der Waals surface area contributed by atoms with Gasteiger partial charge in [0.1, 0.15) is 10.7 Å². The highest BCUT2D eigenvalue weighted by Crippen LogP contribution is 2.37. The number of amides is 1. The van der Waals surface area contributed by atoms with Crippen LogP contribution in [0.4, 0.5) is 5.82 Å². The Bertz CT molecular complexity index is 921. The molecule has 1 aromatic carbocycles. The minimum Gasteiger partial charge on any atom is -0.353 e. The lowest BCUT2D eigenvalue weighted by atomic mass is 10.2. The van der Waals surface area contributed by atoms with E-state index in [9.17, 15) is 4.79 Å². The first-order chi connectivity index (χ1) is 12.1. The second-order valence-corrected chi connectivity index (χ2v) is 7.72. The molecule has 128 valence electrons. The number of hydrogen-bond donors (Lipinski definition) is 0. The summed E-state index contributed by atoms with van der Waals surface area (Å²) in [6.45, 7) is 2.83. The quantitative estimate of drug-likeness (QED) is 0.641. The van der Waals surface area contributed by atoms with Crippen molar-refractivity contribution in [3.8, 4) is 0 Å². The molecule has 1 amide bonds. The van der Waals surface area contributed by atoms with Gasteiger partial charge in [-0.3, -0.25) is 4.79 Å². The standard InChI is InChI=1S/C18H15Cl2N3OS/c19-12-4-5-13-14(11-12)25-17(16(13)20)18(24)23-9-7-22(8-10-23)15-3-1-2-6-21-15/h1-6,11H,7-10H2. The molecule has 0 bridgehead atoms. The zero-order valence-electron chi connectivity index (χ0n) is 13.3. The molecular formula is C18H15Cl2N3OS. The SMILES string of the molecule is O=C(c1sc2cc(Cl)ccc2c1Cl)N1CCN(c2ccccn2)CC1. The summed E-state index contributed by atoms with van der Waals surface area (Å²) in [6.07, 6.45) is 1.79. The van der Waals surface area contributed by atoms with Crippen LogP contribution >= 0.6 is 34.5 Å². The fourth-order valence-corrected chi connectivity index (χ4v) is 4.76. The number of aromatic nitrogens is 1. The number of pyridine rings is 1. The minimum absolute atomic E-state index is 0.0111. The van der Waals surface area contributed by atoms with Crippen molar-refractivity contribution < 1.29 is 4.79 Å². The lowest BCUT2D eigenvalue weighted by Crippen LogP contribution is -2.48. The molecule has 0 spiro atoms. The molecule has 4 nitrogen and oxygen atoms in total. The first-order valence-electron chi connectivity index (χ1n) is 7.96. The van der Waals surface area contributed by atoms with Gasteiger partial charge < -0.3 is 9.80 Å². The molecule has 4 rings (SSSR count). The number of anilines is 1. The summed E-state index contributed by atoms with van der Waals surface area (Å²) in [7, 11) is 0. The number of thiophene rings is 1. The van der Waals surface area contributed by atoms with Gasteiger partial charge in [0.25, 0.3) is 5.91 Å². The monoisotopic (exact) mass is 391 g/mol. The van der Waals surface area contributed by atoms with Crippen molar-refractivity contribution in [3.05, 3.63) is 57.5 Å². The average molecular weight is 392 g/mol. The van der Waals surface area contributed by atoms with Gasteiger partial charge in [0.05, 0.1) is 5.02 Å². The third kappa shape index (κ3) is 3.19. The molecule has 1 aliphatic rings. The zero-order valence-corrected chi connectivity index (χ0v) is 15.6. The van der Waals surface area contributed by atoms with Crippen LogP contribution in [0.1, 0.15) is 9.67 Å². The summed E-state index contributed by atoms with van der Waals surface area (Å²) in [5.74, 6) is 0.937. The molecule has 1 fully saturated rings. The summed E-state index contributed by atoms with van der Waals surface area (Å²) < 4.78 is 0.938. The normalized spacial score (nSPS) is 15.0. The Morgan fingerprint density at radius 2 is 1.88 bits per heavy atom. The van der Waals surface area contributed by atoms with E-state index < -0.39 is 0 Å². The van der Waals surface area contributed by atoms with Crippen LogP contribution in [0.15, 0.2) is 42.6 Å². The number of piperazine rings is 1. The van der Waals surface area contributed by atoms with Gasteiger partial charge in [-0.25, -0.2) is 4.98 Å². The second-order valence-electron chi connectivity index (χ2n) is 5.85. The van der Waals surface area contributed by atoms with Crippen molar-refractivity contribution >= 4 is 56.3 Å². The fraction of sp³-hybridized carbons (Fsp3) is 0.222. The highest BCUT2D eigenvalue weighted by atomic mass is 35.5. The number of halogens is 2. The molecule has 2 aromatic heterocycles. The van der Waals surface area contributed by atoms with E-state index in [0.717, 1.165) is 29.0 Å². The van der Waals surface area contributed by atoms with Crippen molar-refractivity contribution in [1.82, 2.24) is 9.88 Å². The Hall–Kier alpha value is -1.82. The third-order valence-corrected chi connectivity index (χ3v) is 6.21. The van der Waals surface area contributed by atoms with Crippen LogP contribution in [0, 0.1) is 0 Å². The molecule has 3 aromatic rings. The molecule has 3 heterocycles. The van der Waals surface area contributed by atoms with E-state index in [4.69, 9.17) is 23.2 Å². The maximum Gasteiger partial charge on any atom is 0.265 e. The summed E-state index contributed by atoms with van der Waals surface area (Å²) in [5, 5.41) is 2.05. The molecule has 0 unspecified atom stereocenters. The Morgan fingerprint density at radius 1 is 1.08 bits per heavy atom. The molecule has 0 saturated carbocycles. The number of rotatable bonds is 2. The molecule has 0 atom stereocenters. The minimum atomic E-state index is -0.0111. The molecule has 0 radical (unpaired) electrons. The number of hydrogen-bond acceptors (Lipinski definition) is 4. The predicted molar refractivity (Wildman–Crippen MR) is 104 cm³/mol. The Kier molecular flexibility index (Phi) is 4.54. The summed E-state index contributed by atoms with van der Waals surface area (Å²) in [4.78, 5) is 21.9. The molecular weight excluding hydrogens is 377 g/mol. The van der Waals surface area contributed by atoms with Crippen LogP contribution in [0.5, 0.6) is 0 Å². The number of carbonyl (C=O) groups is 1. The van der Waals surface area contributed by atoms with E-state index in [0.29, 0.717) is 28.0 Å². The summed E-state index contributed by atoms with van der Waals surface area (Å²) in [5.41, 5.74) is 0. The van der Waals surface area contributed by atoms with Crippen LogP contribution < -0.4 is 4.90 Å². The number of benzene rings is 1. The van der Waals surface area contributed by atoms with Crippen molar-refractivity contribution in [2.75, 3.05) is 31.1 Å². The zero-order chi connectivity index (χ0) is 17.4. The highest BCUT2D eigenvalue weighted by Gasteiger charge is 2.26. The lowest BCUT2D eigenvalue weighted by molar-refractivity contribution is 0.0751. The van der Waals surface area contributed by atoms with E-state index in [2.05, 4.69) is 9.88 Å². The van der Waals surface area contributed by atoms with Crippen molar-refractivity contribution in [1.29, 1.82) is 0 Å². The van der Waals surface area contributed by atoms with E-state index in [1.807, 2.05) is 35.2 Å². The van der Waals surface area contributed by atoms with Crippen LogP contribution in [-0.2, 0) is 0 Å². The number of carbonyl (C=O) groups excluding carboxylic acids is 1. The predicted octanol–water partition coefficient (Wildman–Crippen LogP) is 4.57. The highest BCUT2D eigenvalue weighted by molar-refractivity contribution is 7.21. The van der Waals surface area contributed by atoms with Crippen molar-refractivity contribution in [2.45, 2.75) is 0 Å². The van der Waals surface area contributed by atoms with E-state index in [1.165, 1.54) is 11.3 Å². The maximum atomic E-state index is 12.9. The van der Waals surface area contributed by atoms with Crippen LogP contribution in [0.2, 0.25) is 10.0 Å². The average Bonchev–Trinajstić information content (AvgIpc) is 2.98. The van der Waals surface area contributed by atoms with Gasteiger partial charge in [-0.05, 0) is 24.3 Å². The van der Waals surface area contributed by atoms with E-state index in [1.54, 1.807) is 12.3 Å².